The van der Waals surface area contributed by atoms with Gasteiger partial charge in [-0.2, -0.15) is 17.5 Å². The van der Waals surface area contributed by atoms with Gasteiger partial charge in [0, 0.05) is 37.6 Å². The van der Waals surface area contributed by atoms with Crippen LogP contribution < -0.4 is 0 Å². The maximum Gasteiger partial charge on any atom is 0.195 e. The molecule has 21 heavy (non-hydrogen) atoms. The fraction of sp³-hybridized carbons (Fsp3) is 0.176. The maximum absolute atomic E-state index is 12.6. The molecule has 0 bridgehead atoms. The largest absolute Gasteiger partial charge is 0.358 e. The van der Waals surface area contributed by atoms with Crippen LogP contribution in [-0.4, -0.2) is 8.42 Å². The monoisotopic (exact) mass is 377 g/mol. The first-order chi connectivity index (χ1) is 8.91. The molecule has 0 aliphatic carbocycles. The van der Waals surface area contributed by atoms with Crippen molar-refractivity contribution < 1.29 is 41.1 Å². The number of sulfone groups is 1. The second kappa shape index (κ2) is 8.12. The van der Waals surface area contributed by atoms with Crippen molar-refractivity contribution in [2.45, 2.75) is 30.6 Å². The summed E-state index contributed by atoms with van der Waals surface area (Å²) in [6.07, 6.45) is 0. The Hall–Kier alpha value is -0.636. The zero-order valence-electron chi connectivity index (χ0n) is 12.9. The Morgan fingerprint density at radius 1 is 0.905 bits per heavy atom. The van der Waals surface area contributed by atoms with Crippen molar-refractivity contribution in [3.8, 4) is 0 Å². The van der Waals surface area contributed by atoms with E-state index in [9.17, 15) is 8.42 Å². The van der Waals surface area contributed by atoms with Crippen LogP contribution in [0.4, 0.5) is 0 Å². The fourth-order valence-corrected chi connectivity index (χ4v) is 3.30. The topological polar surface area (TPSA) is 34.1 Å². The van der Waals surface area contributed by atoms with Crippen molar-refractivity contribution >= 4 is 9.84 Å². The summed E-state index contributed by atoms with van der Waals surface area (Å²) in [6, 6.07) is 14.1. The summed E-state index contributed by atoms with van der Waals surface area (Å²) >= 11 is 0. The molecule has 0 saturated carbocycles. The van der Waals surface area contributed by atoms with Crippen LogP contribution in [0.3, 0.4) is 0 Å². The summed E-state index contributed by atoms with van der Waals surface area (Å²) in [4.78, 5) is 0.690. The molecule has 111 valence electrons. The van der Waals surface area contributed by atoms with Crippen LogP contribution >= 0.6 is 0 Å². The molecule has 0 saturated heterocycles. The molecular formula is C17H20O2SY-2. The zero-order chi connectivity index (χ0) is 14.0. The van der Waals surface area contributed by atoms with E-state index in [4.69, 9.17) is 0 Å². The van der Waals surface area contributed by atoms with E-state index in [-0.39, 0.29) is 40.1 Å². The molecule has 0 atom stereocenters. The van der Waals surface area contributed by atoms with E-state index in [1.165, 1.54) is 0 Å². The molecule has 0 heterocycles. The molecule has 2 aromatic rings. The summed E-state index contributed by atoms with van der Waals surface area (Å²) in [6.45, 7) is 5.83. The Labute approximate surface area is 153 Å². The molecule has 0 amide bonds. The van der Waals surface area contributed by atoms with Crippen molar-refractivity contribution in [2.75, 3.05) is 0 Å². The van der Waals surface area contributed by atoms with Crippen molar-refractivity contribution in [1.82, 2.24) is 0 Å². The average Bonchev–Trinajstić information content (AvgIpc) is 2.39. The van der Waals surface area contributed by atoms with Gasteiger partial charge in [0.25, 0.3) is 0 Å². The third-order valence-electron chi connectivity index (χ3n) is 3.02. The van der Waals surface area contributed by atoms with Gasteiger partial charge in [0.05, 0.1) is 4.90 Å². The van der Waals surface area contributed by atoms with Crippen molar-refractivity contribution in [3.05, 3.63) is 73.0 Å². The molecule has 0 spiro atoms. The predicted octanol–water partition coefficient (Wildman–Crippen LogP) is 4.24. The van der Waals surface area contributed by atoms with Gasteiger partial charge in [-0.1, -0.05) is 32.0 Å². The van der Waals surface area contributed by atoms with Gasteiger partial charge < -0.3 is 7.43 Å². The predicted molar refractivity (Wildman–Crippen MR) is 83.2 cm³/mol. The smallest absolute Gasteiger partial charge is 0.195 e. The second-order valence-electron chi connectivity index (χ2n) is 4.85. The van der Waals surface area contributed by atoms with E-state index in [0.717, 1.165) is 17.0 Å². The maximum atomic E-state index is 12.6. The van der Waals surface area contributed by atoms with Gasteiger partial charge in [-0.05, 0) is 24.6 Å². The van der Waals surface area contributed by atoms with Gasteiger partial charge in [-0.3, -0.25) is 0 Å². The molecule has 0 aliphatic rings. The summed E-state index contributed by atoms with van der Waals surface area (Å²) in [7, 11) is -3.43. The zero-order valence-corrected chi connectivity index (χ0v) is 16.6. The van der Waals surface area contributed by atoms with Crippen LogP contribution in [0.1, 0.15) is 25.0 Å². The number of hydrogen-bond acceptors (Lipinski definition) is 2. The molecule has 0 aromatic heterocycles. The van der Waals surface area contributed by atoms with Gasteiger partial charge in [0.2, 0.25) is 0 Å². The van der Waals surface area contributed by atoms with E-state index < -0.39 is 9.84 Å². The summed E-state index contributed by atoms with van der Waals surface area (Å²) in [5.41, 5.74) is 1.89. The average molecular weight is 377 g/mol. The van der Waals surface area contributed by atoms with Crippen LogP contribution in [0.25, 0.3) is 0 Å². The summed E-state index contributed by atoms with van der Waals surface area (Å²) < 4.78 is 25.1. The summed E-state index contributed by atoms with van der Waals surface area (Å²) in [5, 5.41) is 0. The first kappa shape index (κ1) is 20.4. The minimum atomic E-state index is -3.43. The van der Waals surface area contributed by atoms with Gasteiger partial charge in [-0.25, -0.2) is 8.42 Å². The normalized spacial score (nSPS) is 10.2. The van der Waals surface area contributed by atoms with E-state index >= 15 is 0 Å². The molecule has 0 aliphatic heterocycles. The van der Waals surface area contributed by atoms with Gasteiger partial charge >= 0.3 is 0 Å². The molecular weight excluding hydrogens is 357 g/mol. The first-order valence-electron chi connectivity index (χ1n) is 6.13. The molecule has 1 radical (unpaired) electrons. The Balaban J connectivity index is 0.00000200. The first-order valence-corrected chi connectivity index (χ1v) is 7.62. The molecule has 2 aromatic carbocycles. The van der Waals surface area contributed by atoms with Crippen LogP contribution in [0, 0.1) is 20.3 Å². The van der Waals surface area contributed by atoms with E-state index in [0.29, 0.717) is 9.79 Å². The third kappa shape index (κ3) is 4.67. The van der Waals surface area contributed by atoms with Gasteiger partial charge in [0.1, 0.15) is 0 Å². The SMILES string of the molecule is Cc1cccc(S(=O)(=O)c2cccc([C-](C)C)c2)c1.[CH3-].[Y]. The van der Waals surface area contributed by atoms with Crippen LogP contribution in [0.15, 0.2) is 58.3 Å². The van der Waals surface area contributed by atoms with Crippen LogP contribution in [0.2, 0.25) is 0 Å². The number of benzene rings is 2. The number of rotatable bonds is 3. The molecule has 0 N–H and O–H groups in total. The fourth-order valence-electron chi connectivity index (χ4n) is 1.89. The van der Waals surface area contributed by atoms with Gasteiger partial charge in [-0.15, -0.1) is 12.1 Å². The van der Waals surface area contributed by atoms with Crippen molar-refractivity contribution in [3.63, 3.8) is 0 Å². The van der Waals surface area contributed by atoms with E-state index in [2.05, 4.69) is 0 Å². The Kier molecular flexibility index (Phi) is 7.87. The van der Waals surface area contributed by atoms with Crippen LogP contribution in [-0.2, 0) is 42.5 Å². The summed E-state index contributed by atoms with van der Waals surface area (Å²) in [5.74, 6) is 1.10. The molecule has 0 fully saturated rings. The minimum Gasteiger partial charge on any atom is -0.358 e. The Morgan fingerprint density at radius 3 is 1.95 bits per heavy atom. The number of hydrogen-bond donors (Lipinski definition) is 0. The van der Waals surface area contributed by atoms with Gasteiger partial charge in [0.15, 0.2) is 9.84 Å². The molecule has 2 rings (SSSR count). The molecule has 0 unspecified atom stereocenters. The minimum absolute atomic E-state index is 0. The van der Waals surface area contributed by atoms with E-state index in [1.807, 2.05) is 32.9 Å². The molecule has 4 heteroatoms. The quantitative estimate of drug-likeness (QED) is 0.750. The number of aryl methyl sites for hydroxylation is 1. The molecule has 2 nitrogen and oxygen atoms in total. The van der Waals surface area contributed by atoms with Crippen LogP contribution in [0.5, 0.6) is 0 Å². The second-order valence-corrected chi connectivity index (χ2v) is 6.80. The van der Waals surface area contributed by atoms with Crippen molar-refractivity contribution in [2.24, 2.45) is 0 Å². The van der Waals surface area contributed by atoms with E-state index in [1.54, 1.807) is 36.4 Å². The Morgan fingerprint density at radius 2 is 1.43 bits per heavy atom. The Bertz CT molecular complexity index is 691. The standard InChI is InChI=1S/C16H17O2S.CH3.Y/c1-12(2)14-7-5-9-16(11-14)19(17,18)15-8-4-6-13(3)10-15;;/h4-11H,1-3H3;1H3;/q2*-1;. The van der Waals surface area contributed by atoms with Crippen molar-refractivity contribution in [1.29, 1.82) is 0 Å². The third-order valence-corrected chi connectivity index (χ3v) is 4.77.